The first-order valence-corrected chi connectivity index (χ1v) is 10.9. The third-order valence-corrected chi connectivity index (χ3v) is 5.78. The summed E-state index contributed by atoms with van der Waals surface area (Å²) in [4.78, 5) is 17.8. The number of carbonyl (C=O) groups excluding carboxylic acids is 1. The largest absolute Gasteiger partial charge is 0.493 e. The minimum absolute atomic E-state index is 0.133. The van der Waals surface area contributed by atoms with E-state index < -0.39 is 12.1 Å². The molecule has 4 aromatic rings. The number of benzene rings is 3. The summed E-state index contributed by atoms with van der Waals surface area (Å²) in [6.07, 6.45) is 0.784. The molecule has 35 heavy (non-hydrogen) atoms. The maximum absolute atomic E-state index is 13.1. The van der Waals surface area contributed by atoms with Gasteiger partial charge >= 0.3 is 5.97 Å². The second kappa shape index (κ2) is 9.42. The molecular weight excluding hydrogens is 450 g/mol. The van der Waals surface area contributed by atoms with Gasteiger partial charge in [-0.2, -0.15) is 0 Å². The standard InChI is InChI=1S/C27H23NO7/c1-30-22-14-19-18(25(31-2)26(22)32-3)11-12-28-23(19)24(35-27(29)16-7-5-4-6-8-16)17-9-10-20-21(13-17)34-15-33-20/h4-14,24H,15H2,1-3H3/t24-/m0/s1. The van der Waals surface area contributed by atoms with Gasteiger partial charge in [-0.25, -0.2) is 4.79 Å². The average Bonchev–Trinajstić information content (AvgIpc) is 3.38. The number of fused-ring (bicyclic) bond motifs is 2. The minimum atomic E-state index is -0.858. The molecule has 1 aliphatic heterocycles. The number of carbonyl (C=O) groups is 1. The third kappa shape index (κ3) is 4.03. The zero-order valence-electron chi connectivity index (χ0n) is 19.4. The molecular formula is C27H23NO7. The Morgan fingerprint density at radius 3 is 2.37 bits per heavy atom. The second-order valence-electron chi connectivity index (χ2n) is 7.70. The molecule has 8 heteroatoms. The van der Waals surface area contributed by atoms with Gasteiger partial charge < -0.3 is 28.4 Å². The zero-order chi connectivity index (χ0) is 24.4. The maximum Gasteiger partial charge on any atom is 0.339 e. The molecule has 0 bridgehead atoms. The highest BCUT2D eigenvalue weighted by atomic mass is 16.7. The summed E-state index contributed by atoms with van der Waals surface area (Å²) in [7, 11) is 4.65. The SMILES string of the molecule is COc1cc2c([C@@H](OC(=O)c3ccccc3)c3ccc4c(c3)OCO4)nccc2c(OC)c1OC. The number of hydrogen-bond donors (Lipinski definition) is 0. The van der Waals surface area contributed by atoms with Crippen LogP contribution in [-0.2, 0) is 4.74 Å². The molecule has 0 aliphatic carbocycles. The number of aromatic nitrogens is 1. The number of ether oxygens (including phenoxy) is 6. The van der Waals surface area contributed by atoms with Crippen LogP contribution >= 0.6 is 0 Å². The van der Waals surface area contributed by atoms with Crippen LogP contribution in [0.4, 0.5) is 0 Å². The molecule has 178 valence electrons. The monoisotopic (exact) mass is 473 g/mol. The van der Waals surface area contributed by atoms with Crippen molar-refractivity contribution in [3.05, 3.63) is 83.7 Å². The Kier molecular flexibility index (Phi) is 6.01. The summed E-state index contributed by atoms with van der Waals surface area (Å²) in [6, 6.07) is 17.8. The van der Waals surface area contributed by atoms with E-state index in [9.17, 15) is 4.79 Å². The Balaban J connectivity index is 1.70. The van der Waals surface area contributed by atoms with Crippen LogP contribution in [0.2, 0.25) is 0 Å². The molecule has 1 atom stereocenters. The normalized spacial score (nSPS) is 12.8. The van der Waals surface area contributed by atoms with Crippen LogP contribution in [0.25, 0.3) is 10.8 Å². The van der Waals surface area contributed by atoms with Crippen molar-refractivity contribution in [2.75, 3.05) is 28.1 Å². The predicted octanol–water partition coefficient (Wildman–Crippen LogP) is 4.94. The molecule has 8 nitrogen and oxygen atoms in total. The first kappa shape index (κ1) is 22.3. The van der Waals surface area contributed by atoms with E-state index in [1.54, 1.807) is 70.0 Å². The molecule has 3 aromatic carbocycles. The number of rotatable bonds is 7. The molecule has 2 heterocycles. The third-order valence-electron chi connectivity index (χ3n) is 5.78. The smallest absolute Gasteiger partial charge is 0.339 e. The van der Waals surface area contributed by atoms with E-state index >= 15 is 0 Å². The highest BCUT2D eigenvalue weighted by molar-refractivity contribution is 5.95. The van der Waals surface area contributed by atoms with Crippen LogP contribution in [0.1, 0.15) is 27.7 Å². The Morgan fingerprint density at radius 2 is 1.63 bits per heavy atom. The van der Waals surface area contributed by atoms with Crippen LogP contribution in [0.15, 0.2) is 66.9 Å². The molecule has 0 N–H and O–H groups in total. The highest BCUT2D eigenvalue weighted by Gasteiger charge is 2.28. The van der Waals surface area contributed by atoms with E-state index in [0.29, 0.717) is 51.0 Å². The van der Waals surface area contributed by atoms with Gasteiger partial charge in [0, 0.05) is 22.5 Å². The van der Waals surface area contributed by atoms with Gasteiger partial charge in [0.2, 0.25) is 12.5 Å². The van der Waals surface area contributed by atoms with Crippen LogP contribution < -0.4 is 23.7 Å². The van der Waals surface area contributed by atoms with Crippen molar-refractivity contribution in [1.29, 1.82) is 0 Å². The molecule has 1 aromatic heterocycles. The number of methoxy groups -OCH3 is 3. The molecule has 1 aliphatic rings. The first-order valence-electron chi connectivity index (χ1n) is 10.9. The quantitative estimate of drug-likeness (QED) is 0.349. The fraction of sp³-hybridized carbons (Fsp3) is 0.185. The van der Waals surface area contributed by atoms with Gasteiger partial charge in [-0.05, 0) is 36.4 Å². The predicted molar refractivity (Wildman–Crippen MR) is 128 cm³/mol. The molecule has 0 saturated heterocycles. The van der Waals surface area contributed by atoms with Crippen molar-refractivity contribution in [3.63, 3.8) is 0 Å². The topological polar surface area (TPSA) is 85.3 Å². The van der Waals surface area contributed by atoms with Gasteiger partial charge in [0.1, 0.15) is 0 Å². The summed E-state index contributed by atoms with van der Waals surface area (Å²) >= 11 is 0. The Labute approximate surface area is 201 Å². The summed E-state index contributed by atoms with van der Waals surface area (Å²) in [6.45, 7) is 0.133. The molecule has 0 spiro atoms. The van der Waals surface area contributed by atoms with Gasteiger partial charge in [-0.3, -0.25) is 4.98 Å². The van der Waals surface area contributed by atoms with Crippen molar-refractivity contribution in [2.24, 2.45) is 0 Å². The fourth-order valence-corrected chi connectivity index (χ4v) is 4.13. The van der Waals surface area contributed by atoms with Crippen LogP contribution in [0, 0.1) is 0 Å². The van der Waals surface area contributed by atoms with E-state index in [2.05, 4.69) is 4.98 Å². The fourth-order valence-electron chi connectivity index (χ4n) is 4.13. The lowest BCUT2D eigenvalue weighted by Gasteiger charge is -2.22. The van der Waals surface area contributed by atoms with Crippen LogP contribution in [0.3, 0.4) is 0 Å². The number of esters is 1. The second-order valence-corrected chi connectivity index (χ2v) is 7.70. The molecule has 0 fully saturated rings. The molecule has 0 radical (unpaired) electrons. The minimum Gasteiger partial charge on any atom is -0.493 e. The summed E-state index contributed by atoms with van der Waals surface area (Å²) in [5.74, 6) is 2.12. The lowest BCUT2D eigenvalue weighted by Crippen LogP contribution is -2.15. The average molecular weight is 473 g/mol. The zero-order valence-corrected chi connectivity index (χ0v) is 19.4. The summed E-state index contributed by atoms with van der Waals surface area (Å²) < 4.78 is 33.9. The van der Waals surface area contributed by atoms with Crippen molar-refractivity contribution in [3.8, 4) is 28.7 Å². The van der Waals surface area contributed by atoms with E-state index in [4.69, 9.17) is 28.4 Å². The van der Waals surface area contributed by atoms with Gasteiger partial charge in [-0.15, -0.1) is 0 Å². The Hall–Kier alpha value is -4.46. The molecule has 0 saturated carbocycles. The lowest BCUT2D eigenvalue weighted by atomic mass is 9.99. The lowest BCUT2D eigenvalue weighted by molar-refractivity contribution is 0.0373. The van der Waals surface area contributed by atoms with Gasteiger partial charge in [0.15, 0.2) is 29.1 Å². The van der Waals surface area contributed by atoms with Crippen molar-refractivity contribution in [1.82, 2.24) is 4.98 Å². The van der Waals surface area contributed by atoms with Crippen LogP contribution in [0.5, 0.6) is 28.7 Å². The van der Waals surface area contributed by atoms with Crippen LogP contribution in [-0.4, -0.2) is 39.1 Å². The highest BCUT2D eigenvalue weighted by Crippen LogP contribution is 2.46. The van der Waals surface area contributed by atoms with E-state index in [1.807, 2.05) is 18.2 Å². The van der Waals surface area contributed by atoms with Crippen molar-refractivity contribution >= 4 is 16.7 Å². The first-order chi connectivity index (χ1) is 17.1. The van der Waals surface area contributed by atoms with Gasteiger partial charge in [-0.1, -0.05) is 24.3 Å². The Bertz CT molecular complexity index is 1390. The number of hydrogen-bond acceptors (Lipinski definition) is 8. The van der Waals surface area contributed by atoms with E-state index in [-0.39, 0.29) is 6.79 Å². The molecule has 5 rings (SSSR count). The maximum atomic E-state index is 13.1. The van der Waals surface area contributed by atoms with E-state index in [0.717, 1.165) is 5.39 Å². The van der Waals surface area contributed by atoms with Crippen molar-refractivity contribution < 1.29 is 33.2 Å². The molecule has 0 unspecified atom stereocenters. The van der Waals surface area contributed by atoms with Crippen molar-refractivity contribution in [2.45, 2.75) is 6.10 Å². The summed E-state index contributed by atoms with van der Waals surface area (Å²) in [5.41, 5.74) is 1.60. The molecule has 0 amide bonds. The van der Waals surface area contributed by atoms with Gasteiger partial charge in [0.05, 0.1) is 32.6 Å². The van der Waals surface area contributed by atoms with E-state index in [1.165, 1.54) is 0 Å². The number of nitrogens with zero attached hydrogens (tertiary/aromatic N) is 1. The number of pyridine rings is 1. The summed E-state index contributed by atoms with van der Waals surface area (Å²) in [5, 5.41) is 1.42. The van der Waals surface area contributed by atoms with Gasteiger partial charge in [0.25, 0.3) is 0 Å². The Morgan fingerprint density at radius 1 is 0.857 bits per heavy atom.